The number of hydrogen-bond donors (Lipinski definition) is 2. The van der Waals surface area contributed by atoms with Crippen LogP contribution in [0.25, 0.3) is 0 Å². The van der Waals surface area contributed by atoms with Gasteiger partial charge in [0, 0.05) is 17.8 Å². The SMILES string of the molecule is CCCNC1CCC(O)(c2cncc(OCCC)c2)CC1. The van der Waals surface area contributed by atoms with Gasteiger partial charge in [-0.3, -0.25) is 4.98 Å². The van der Waals surface area contributed by atoms with Gasteiger partial charge in [0.25, 0.3) is 0 Å². The maximum atomic E-state index is 10.9. The van der Waals surface area contributed by atoms with Crippen LogP contribution in [0.15, 0.2) is 18.5 Å². The molecule has 0 spiro atoms. The molecule has 0 unspecified atom stereocenters. The normalized spacial score (nSPS) is 25.8. The van der Waals surface area contributed by atoms with Gasteiger partial charge < -0.3 is 15.2 Å². The summed E-state index contributed by atoms with van der Waals surface area (Å²) in [5.74, 6) is 0.758. The summed E-state index contributed by atoms with van der Waals surface area (Å²) in [7, 11) is 0. The lowest BCUT2D eigenvalue weighted by atomic mass is 9.78. The van der Waals surface area contributed by atoms with E-state index in [1.54, 1.807) is 12.4 Å². The maximum Gasteiger partial charge on any atom is 0.137 e. The zero-order valence-corrected chi connectivity index (χ0v) is 13.3. The summed E-state index contributed by atoms with van der Waals surface area (Å²) < 4.78 is 5.62. The Bertz CT molecular complexity index is 429. The van der Waals surface area contributed by atoms with E-state index in [0.717, 1.165) is 56.4 Å². The molecule has 0 radical (unpaired) electrons. The number of hydrogen-bond acceptors (Lipinski definition) is 4. The minimum atomic E-state index is -0.747. The smallest absolute Gasteiger partial charge is 0.137 e. The highest BCUT2D eigenvalue weighted by molar-refractivity contribution is 5.28. The molecular formula is C17H28N2O2. The van der Waals surface area contributed by atoms with Gasteiger partial charge in [0.2, 0.25) is 0 Å². The Morgan fingerprint density at radius 1 is 1.29 bits per heavy atom. The van der Waals surface area contributed by atoms with Crippen molar-refractivity contribution in [1.29, 1.82) is 0 Å². The third-order valence-electron chi connectivity index (χ3n) is 4.22. The average molecular weight is 292 g/mol. The largest absolute Gasteiger partial charge is 0.492 e. The van der Waals surface area contributed by atoms with Crippen LogP contribution in [0.1, 0.15) is 57.9 Å². The molecular weight excluding hydrogens is 264 g/mol. The summed E-state index contributed by atoms with van der Waals surface area (Å²) in [4.78, 5) is 4.23. The van der Waals surface area contributed by atoms with E-state index < -0.39 is 5.60 Å². The lowest BCUT2D eigenvalue weighted by Crippen LogP contribution is -2.40. The highest BCUT2D eigenvalue weighted by Crippen LogP contribution is 2.37. The van der Waals surface area contributed by atoms with Crippen LogP contribution in [-0.2, 0) is 5.60 Å². The standard InChI is InChI=1S/C17H28N2O2/c1-3-9-19-15-5-7-17(20,8-6-15)14-11-16(13-18-12-14)21-10-4-2/h11-13,15,19-20H,3-10H2,1-2H3. The van der Waals surface area contributed by atoms with E-state index in [-0.39, 0.29) is 0 Å². The van der Waals surface area contributed by atoms with Gasteiger partial charge in [-0.1, -0.05) is 13.8 Å². The van der Waals surface area contributed by atoms with Crippen molar-refractivity contribution in [1.82, 2.24) is 10.3 Å². The van der Waals surface area contributed by atoms with Crippen molar-refractivity contribution in [2.75, 3.05) is 13.2 Å². The molecule has 0 bridgehead atoms. The molecule has 4 nitrogen and oxygen atoms in total. The van der Waals surface area contributed by atoms with Crippen molar-refractivity contribution < 1.29 is 9.84 Å². The molecule has 1 aromatic rings. The Balaban J connectivity index is 1.97. The molecule has 1 saturated carbocycles. The van der Waals surface area contributed by atoms with Gasteiger partial charge in [-0.05, 0) is 51.1 Å². The maximum absolute atomic E-state index is 10.9. The monoisotopic (exact) mass is 292 g/mol. The van der Waals surface area contributed by atoms with Crippen molar-refractivity contribution in [3.05, 3.63) is 24.0 Å². The van der Waals surface area contributed by atoms with Crippen molar-refractivity contribution in [3.63, 3.8) is 0 Å². The van der Waals surface area contributed by atoms with Crippen LogP contribution in [-0.4, -0.2) is 29.3 Å². The van der Waals surface area contributed by atoms with E-state index in [4.69, 9.17) is 4.74 Å². The number of ether oxygens (including phenoxy) is 1. The van der Waals surface area contributed by atoms with Gasteiger partial charge in [-0.25, -0.2) is 0 Å². The molecule has 0 atom stereocenters. The van der Waals surface area contributed by atoms with E-state index in [1.807, 2.05) is 6.07 Å². The number of rotatable bonds is 7. The molecule has 2 rings (SSSR count). The third kappa shape index (κ3) is 4.42. The fourth-order valence-corrected chi connectivity index (χ4v) is 2.91. The minimum absolute atomic E-state index is 0.540. The highest BCUT2D eigenvalue weighted by Gasteiger charge is 2.35. The summed E-state index contributed by atoms with van der Waals surface area (Å²) in [6.07, 6.45) is 9.21. The number of aromatic nitrogens is 1. The lowest BCUT2D eigenvalue weighted by Gasteiger charge is -2.36. The summed E-state index contributed by atoms with van der Waals surface area (Å²) in [5, 5.41) is 14.5. The molecule has 1 aliphatic carbocycles. The summed E-state index contributed by atoms with van der Waals surface area (Å²) >= 11 is 0. The van der Waals surface area contributed by atoms with E-state index in [1.165, 1.54) is 0 Å². The third-order valence-corrected chi connectivity index (χ3v) is 4.22. The number of aliphatic hydroxyl groups is 1. The molecule has 0 aromatic carbocycles. The quantitative estimate of drug-likeness (QED) is 0.811. The van der Waals surface area contributed by atoms with Crippen LogP contribution in [0.4, 0.5) is 0 Å². The van der Waals surface area contributed by atoms with E-state index >= 15 is 0 Å². The Morgan fingerprint density at radius 2 is 2.05 bits per heavy atom. The van der Waals surface area contributed by atoms with Crippen molar-refractivity contribution in [2.45, 2.75) is 64.0 Å². The first-order chi connectivity index (χ1) is 10.2. The molecule has 4 heteroatoms. The van der Waals surface area contributed by atoms with Gasteiger partial charge in [0.05, 0.1) is 18.4 Å². The molecule has 21 heavy (non-hydrogen) atoms. The van der Waals surface area contributed by atoms with Crippen LogP contribution >= 0.6 is 0 Å². The van der Waals surface area contributed by atoms with Crippen molar-refractivity contribution >= 4 is 0 Å². The fraction of sp³-hybridized carbons (Fsp3) is 0.706. The molecule has 1 aromatic heterocycles. The molecule has 1 heterocycles. The lowest BCUT2D eigenvalue weighted by molar-refractivity contribution is -0.00875. The summed E-state index contributed by atoms with van der Waals surface area (Å²) in [6.45, 7) is 6.01. The fourth-order valence-electron chi connectivity index (χ4n) is 2.91. The van der Waals surface area contributed by atoms with Crippen LogP contribution in [0.5, 0.6) is 5.75 Å². The van der Waals surface area contributed by atoms with Gasteiger partial charge in [0.15, 0.2) is 0 Å². The van der Waals surface area contributed by atoms with Gasteiger partial charge in [-0.2, -0.15) is 0 Å². The Kier molecular flexibility index (Phi) is 6.00. The molecule has 2 N–H and O–H groups in total. The average Bonchev–Trinajstić information content (AvgIpc) is 2.53. The summed E-state index contributed by atoms with van der Waals surface area (Å²) in [5.41, 5.74) is 0.147. The first-order valence-corrected chi connectivity index (χ1v) is 8.22. The number of nitrogens with one attached hydrogen (secondary N) is 1. The van der Waals surface area contributed by atoms with Gasteiger partial charge in [0.1, 0.15) is 5.75 Å². The Morgan fingerprint density at radius 3 is 2.71 bits per heavy atom. The Labute approximate surface area is 127 Å². The van der Waals surface area contributed by atoms with E-state index in [0.29, 0.717) is 12.6 Å². The van der Waals surface area contributed by atoms with E-state index in [9.17, 15) is 5.11 Å². The summed E-state index contributed by atoms with van der Waals surface area (Å²) in [6, 6.07) is 2.49. The number of pyridine rings is 1. The second kappa shape index (κ2) is 7.76. The van der Waals surface area contributed by atoms with Gasteiger partial charge >= 0.3 is 0 Å². The second-order valence-corrected chi connectivity index (χ2v) is 6.02. The van der Waals surface area contributed by atoms with Gasteiger partial charge in [-0.15, -0.1) is 0 Å². The van der Waals surface area contributed by atoms with Crippen molar-refractivity contribution in [2.24, 2.45) is 0 Å². The first-order valence-electron chi connectivity index (χ1n) is 8.22. The molecule has 118 valence electrons. The molecule has 1 fully saturated rings. The molecule has 1 aliphatic rings. The zero-order chi connectivity index (χ0) is 15.1. The number of nitrogens with zero attached hydrogens (tertiary/aromatic N) is 1. The minimum Gasteiger partial charge on any atom is -0.492 e. The highest BCUT2D eigenvalue weighted by atomic mass is 16.5. The van der Waals surface area contributed by atoms with E-state index in [2.05, 4.69) is 24.1 Å². The molecule has 0 amide bonds. The second-order valence-electron chi connectivity index (χ2n) is 6.02. The molecule has 0 saturated heterocycles. The topological polar surface area (TPSA) is 54.4 Å². The van der Waals surface area contributed by atoms with Crippen LogP contribution in [0, 0.1) is 0 Å². The Hall–Kier alpha value is -1.13. The van der Waals surface area contributed by atoms with Crippen LogP contribution in [0.2, 0.25) is 0 Å². The molecule has 0 aliphatic heterocycles. The first kappa shape index (κ1) is 16.2. The predicted molar refractivity (Wildman–Crippen MR) is 84.5 cm³/mol. The zero-order valence-electron chi connectivity index (χ0n) is 13.3. The van der Waals surface area contributed by atoms with Crippen LogP contribution < -0.4 is 10.1 Å². The van der Waals surface area contributed by atoms with Crippen molar-refractivity contribution in [3.8, 4) is 5.75 Å². The van der Waals surface area contributed by atoms with Crippen LogP contribution in [0.3, 0.4) is 0 Å². The predicted octanol–water partition coefficient (Wildman–Crippen LogP) is 3.00.